The molecule has 3 unspecified atom stereocenters. The van der Waals surface area contributed by atoms with Crippen LogP contribution in [0.15, 0.2) is 0 Å². The van der Waals surface area contributed by atoms with E-state index in [0.717, 1.165) is 0 Å². The van der Waals surface area contributed by atoms with Gasteiger partial charge >= 0.3 is 0 Å². The van der Waals surface area contributed by atoms with E-state index in [0.29, 0.717) is 6.54 Å². The van der Waals surface area contributed by atoms with E-state index >= 15 is 0 Å². The van der Waals surface area contributed by atoms with Gasteiger partial charge < -0.3 is 30.5 Å². The lowest BCUT2D eigenvalue weighted by atomic mass is 10.0. The largest absolute Gasteiger partial charge is 0.388 e. The van der Waals surface area contributed by atoms with Crippen LogP contribution in [0.25, 0.3) is 0 Å². The summed E-state index contributed by atoms with van der Waals surface area (Å²) in [6.45, 7) is 2.13. The molecule has 0 bridgehead atoms. The molecule has 6 nitrogen and oxygen atoms in total. The van der Waals surface area contributed by atoms with Crippen molar-refractivity contribution < 1.29 is 24.8 Å². The lowest BCUT2D eigenvalue weighted by Crippen LogP contribution is -2.57. The summed E-state index contributed by atoms with van der Waals surface area (Å²) in [7, 11) is 0. The van der Waals surface area contributed by atoms with E-state index in [2.05, 4.69) is 0 Å². The topological polar surface area (TPSA) is 105 Å². The number of hydrogen-bond acceptors (Lipinski definition) is 6. The Kier molecular flexibility index (Phi) is 4.24. The molecular formula is C8H17NO5. The Labute approximate surface area is 82.2 Å². The number of rotatable bonds is 3. The quantitative estimate of drug-likeness (QED) is 0.418. The smallest absolute Gasteiger partial charge is 0.186 e. The zero-order chi connectivity index (χ0) is 10.7. The van der Waals surface area contributed by atoms with E-state index in [1.807, 2.05) is 0 Å². The molecule has 0 aromatic rings. The summed E-state index contributed by atoms with van der Waals surface area (Å²) in [5, 5.41) is 28.2. The monoisotopic (exact) mass is 207 g/mol. The Morgan fingerprint density at radius 3 is 2.43 bits per heavy atom. The number of aliphatic hydroxyl groups is 3. The van der Waals surface area contributed by atoms with E-state index in [1.54, 1.807) is 6.92 Å². The molecule has 5 N–H and O–H groups in total. The van der Waals surface area contributed by atoms with Crippen LogP contribution >= 0.6 is 0 Å². The van der Waals surface area contributed by atoms with E-state index < -0.39 is 30.7 Å². The molecule has 1 aliphatic rings. The summed E-state index contributed by atoms with van der Waals surface area (Å²) >= 11 is 0. The Hall–Kier alpha value is -0.240. The van der Waals surface area contributed by atoms with Crippen LogP contribution in [-0.4, -0.2) is 59.2 Å². The van der Waals surface area contributed by atoms with Gasteiger partial charge in [-0.1, -0.05) is 0 Å². The summed E-state index contributed by atoms with van der Waals surface area (Å²) in [6, 6.07) is 0. The highest BCUT2D eigenvalue weighted by molar-refractivity contribution is 4.87. The summed E-state index contributed by atoms with van der Waals surface area (Å²) < 4.78 is 10.2. The lowest BCUT2D eigenvalue weighted by Gasteiger charge is -2.38. The third-order valence-electron chi connectivity index (χ3n) is 2.21. The van der Waals surface area contributed by atoms with Crippen LogP contribution in [0.5, 0.6) is 0 Å². The van der Waals surface area contributed by atoms with Gasteiger partial charge in [-0.3, -0.25) is 0 Å². The predicted molar refractivity (Wildman–Crippen MR) is 47.4 cm³/mol. The first kappa shape index (κ1) is 11.8. The Bertz CT molecular complexity index is 179. The van der Waals surface area contributed by atoms with Crippen molar-refractivity contribution in [2.45, 2.75) is 37.6 Å². The molecule has 0 aromatic carbocycles. The summed E-state index contributed by atoms with van der Waals surface area (Å²) in [5.41, 5.74) is 5.21. The number of hydrogen-bond donors (Lipinski definition) is 4. The zero-order valence-electron chi connectivity index (χ0n) is 8.04. The van der Waals surface area contributed by atoms with E-state index in [1.165, 1.54) is 0 Å². The van der Waals surface area contributed by atoms with Crippen molar-refractivity contribution in [2.75, 3.05) is 13.2 Å². The van der Waals surface area contributed by atoms with E-state index in [4.69, 9.17) is 15.2 Å². The molecule has 0 aliphatic carbocycles. The molecular weight excluding hydrogens is 190 g/mol. The predicted octanol–water partition coefficient (Wildman–Crippen LogP) is -2.21. The van der Waals surface area contributed by atoms with Crippen molar-refractivity contribution in [2.24, 2.45) is 5.73 Å². The van der Waals surface area contributed by atoms with Crippen LogP contribution in [0, 0.1) is 0 Å². The minimum Gasteiger partial charge on any atom is -0.388 e. The minimum atomic E-state index is -1.25. The third kappa shape index (κ3) is 2.41. The second-order valence-corrected chi connectivity index (χ2v) is 3.34. The first-order valence-corrected chi connectivity index (χ1v) is 4.59. The maximum atomic E-state index is 9.45. The third-order valence-corrected chi connectivity index (χ3v) is 2.21. The molecule has 84 valence electrons. The first-order valence-electron chi connectivity index (χ1n) is 4.59. The molecule has 1 fully saturated rings. The van der Waals surface area contributed by atoms with Gasteiger partial charge in [0, 0.05) is 6.54 Å². The van der Waals surface area contributed by atoms with Crippen molar-refractivity contribution in [3.05, 3.63) is 0 Å². The SMILES string of the molecule is CC1O[C@@H](OCCN)C(O)C(O)[C@@H]1O. The van der Waals surface area contributed by atoms with Crippen molar-refractivity contribution in [1.29, 1.82) is 0 Å². The van der Waals surface area contributed by atoms with Gasteiger partial charge in [0.25, 0.3) is 0 Å². The van der Waals surface area contributed by atoms with Crippen molar-refractivity contribution in [3.63, 3.8) is 0 Å². The second-order valence-electron chi connectivity index (χ2n) is 3.34. The maximum Gasteiger partial charge on any atom is 0.186 e. The van der Waals surface area contributed by atoms with Crippen molar-refractivity contribution in [3.8, 4) is 0 Å². The highest BCUT2D eigenvalue weighted by Crippen LogP contribution is 2.21. The summed E-state index contributed by atoms with van der Waals surface area (Å²) in [4.78, 5) is 0. The molecule has 1 rings (SSSR count). The fourth-order valence-corrected chi connectivity index (χ4v) is 1.34. The van der Waals surface area contributed by atoms with Gasteiger partial charge in [0.1, 0.15) is 18.3 Å². The molecule has 0 saturated carbocycles. The first-order chi connectivity index (χ1) is 6.57. The summed E-state index contributed by atoms with van der Waals surface area (Å²) in [6.07, 6.45) is -5.08. The molecule has 1 heterocycles. The standard InChI is InChI=1S/C8H17NO5/c1-4-5(10)6(11)7(12)8(14-4)13-3-2-9/h4-8,10-12H,2-3,9H2,1H3/t4?,5-,6?,7?,8-/m1/s1. The lowest BCUT2D eigenvalue weighted by molar-refractivity contribution is -0.292. The van der Waals surface area contributed by atoms with Gasteiger partial charge in [0.05, 0.1) is 12.7 Å². The van der Waals surface area contributed by atoms with Gasteiger partial charge in [-0.15, -0.1) is 0 Å². The molecule has 5 atom stereocenters. The average Bonchev–Trinajstić information content (AvgIpc) is 2.18. The summed E-state index contributed by atoms with van der Waals surface area (Å²) in [5.74, 6) is 0. The molecule has 1 aliphatic heterocycles. The molecule has 0 radical (unpaired) electrons. The fourth-order valence-electron chi connectivity index (χ4n) is 1.34. The molecule has 0 amide bonds. The van der Waals surface area contributed by atoms with Crippen LogP contribution in [-0.2, 0) is 9.47 Å². The maximum absolute atomic E-state index is 9.45. The highest BCUT2D eigenvalue weighted by Gasteiger charge is 2.42. The van der Waals surface area contributed by atoms with Crippen LogP contribution in [0.4, 0.5) is 0 Å². The molecule has 6 heteroatoms. The van der Waals surface area contributed by atoms with Gasteiger partial charge in [-0.25, -0.2) is 0 Å². The Balaban J connectivity index is 2.52. The van der Waals surface area contributed by atoms with Crippen molar-refractivity contribution in [1.82, 2.24) is 0 Å². The Morgan fingerprint density at radius 1 is 1.21 bits per heavy atom. The highest BCUT2D eigenvalue weighted by atomic mass is 16.7. The molecule has 0 aromatic heterocycles. The van der Waals surface area contributed by atoms with Gasteiger partial charge in [-0.2, -0.15) is 0 Å². The van der Waals surface area contributed by atoms with Gasteiger partial charge in [0.2, 0.25) is 0 Å². The van der Waals surface area contributed by atoms with Crippen molar-refractivity contribution >= 4 is 0 Å². The normalized spacial score (nSPS) is 43.9. The van der Waals surface area contributed by atoms with Crippen LogP contribution in [0.1, 0.15) is 6.92 Å². The zero-order valence-corrected chi connectivity index (χ0v) is 8.04. The molecule has 1 saturated heterocycles. The van der Waals surface area contributed by atoms with Gasteiger partial charge in [-0.05, 0) is 6.92 Å². The fraction of sp³-hybridized carbons (Fsp3) is 1.00. The van der Waals surface area contributed by atoms with Crippen LogP contribution < -0.4 is 5.73 Å². The van der Waals surface area contributed by atoms with Gasteiger partial charge in [0.15, 0.2) is 6.29 Å². The number of nitrogens with two attached hydrogens (primary N) is 1. The average molecular weight is 207 g/mol. The molecule has 14 heavy (non-hydrogen) atoms. The van der Waals surface area contributed by atoms with Crippen LogP contribution in [0.2, 0.25) is 0 Å². The minimum absolute atomic E-state index is 0.233. The second kappa shape index (κ2) is 5.01. The Morgan fingerprint density at radius 2 is 1.86 bits per heavy atom. The van der Waals surface area contributed by atoms with E-state index in [-0.39, 0.29) is 6.61 Å². The van der Waals surface area contributed by atoms with E-state index in [9.17, 15) is 15.3 Å². The number of aliphatic hydroxyl groups excluding tert-OH is 3. The number of ether oxygens (including phenoxy) is 2. The van der Waals surface area contributed by atoms with Crippen LogP contribution in [0.3, 0.4) is 0 Å². The molecule has 0 spiro atoms.